The molecule has 3 nitrogen and oxygen atoms in total. The maximum Gasteiger partial charge on any atom is 0.0949 e. The highest BCUT2D eigenvalue weighted by Crippen LogP contribution is 2.24. The number of hydrogen-bond donors (Lipinski definition) is 1. The molecule has 0 amide bonds. The average Bonchev–Trinajstić information content (AvgIpc) is 2.78. The van der Waals surface area contributed by atoms with Crippen LogP contribution in [0, 0.1) is 6.92 Å². The first-order chi connectivity index (χ1) is 7.84. The largest absolute Gasteiger partial charge is 0.332 e. The molecular formula is C13H15N3. The van der Waals surface area contributed by atoms with E-state index in [1.165, 1.54) is 16.8 Å². The second-order valence-corrected chi connectivity index (χ2v) is 4.31. The van der Waals surface area contributed by atoms with Crippen LogP contribution in [0.3, 0.4) is 0 Å². The summed E-state index contributed by atoms with van der Waals surface area (Å²) in [7, 11) is 0. The Bertz CT molecular complexity index is 484. The van der Waals surface area contributed by atoms with Crippen molar-refractivity contribution in [2.45, 2.75) is 19.5 Å². The zero-order valence-electron chi connectivity index (χ0n) is 9.35. The van der Waals surface area contributed by atoms with Crippen molar-refractivity contribution in [1.82, 2.24) is 14.9 Å². The maximum atomic E-state index is 4.22. The molecular weight excluding hydrogens is 198 g/mol. The van der Waals surface area contributed by atoms with Gasteiger partial charge in [0.1, 0.15) is 0 Å². The number of nitrogens with one attached hydrogen (secondary N) is 1. The van der Waals surface area contributed by atoms with Gasteiger partial charge >= 0.3 is 0 Å². The summed E-state index contributed by atoms with van der Waals surface area (Å²) < 4.78 is 2.22. The number of rotatable bonds is 1. The predicted molar refractivity (Wildman–Crippen MR) is 63.3 cm³/mol. The molecule has 1 unspecified atom stereocenters. The molecule has 0 spiro atoms. The molecule has 1 aliphatic heterocycles. The molecule has 1 aliphatic rings. The van der Waals surface area contributed by atoms with Gasteiger partial charge in [0.2, 0.25) is 0 Å². The van der Waals surface area contributed by atoms with Gasteiger partial charge in [0, 0.05) is 13.1 Å². The number of aryl methyl sites for hydroxylation is 1. The molecule has 16 heavy (non-hydrogen) atoms. The Kier molecular flexibility index (Phi) is 2.26. The number of imidazole rings is 1. The first kappa shape index (κ1) is 9.60. The molecule has 1 atom stereocenters. The Hall–Kier alpha value is -1.61. The van der Waals surface area contributed by atoms with Crippen molar-refractivity contribution in [2.24, 2.45) is 0 Å². The molecule has 0 saturated carbocycles. The van der Waals surface area contributed by atoms with Crippen molar-refractivity contribution in [3.8, 4) is 0 Å². The summed E-state index contributed by atoms with van der Waals surface area (Å²) in [5, 5.41) is 3.54. The summed E-state index contributed by atoms with van der Waals surface area (Å²) in [5.41, 5.74) is 3.87. The maximum absolute atomic E-state index is 4.22. The lowest BCUT2D eigenvalue weighted by Crippen LogP contribution is -2.33. The van der Waals surface area contributed by atoms with E-state index in [9.17, 15) is 0 Å². The Labute approximate surface area is 95.1 Å². The fraction of sp³-hybridized carbons (Fsp3) is 0.308. The molecule has 2 aromatic rings. The van der Waals surface area contributed by atoms with Crippen LogP contribution in [0.2, 0.25) is 0 Å². The van der Waals surface area contributed by atoms with Gasteiger partial charge < -0.3 is 9.88 Å². The number of aromatic nitrogens is 2. The van der Waals surface area contributed by atoms with Crippen molar-refractivity contribution in [2.75, 3.05) is 6.54 Å². The zero-order valence-corrected chi connectivity index (χ0v) is 9.35. The van der Waals surface area contributed by atoms with E-state index < -0.39 is 0 Å². The fourth-order valence-electron chi connectivity index (χ4n) is 2.24. The van der Waals surface area contributed by atoms with Gasteiger partial charge in [0.25, 0.3) is 0 Å². The summed E-state index contributed by atoms with van der Waals surface area (Å²) in [6.45, 7) is 4.13. The van der Waals surface area contributed by atoms with Gasteiger partial charge in [-0.1, -0.05) is 29.8 Å². The first-order valence-corrected chi connectivity index (χ1v) is 5.64. The van der Waals surface area contributed by atoms with Crippen LogP contribution in [0.4, 0.5) is 0 Å². The SMILES string of the molecule is Cc1ccc(C2NCCn3cncc32)cc1. The minimum absolute atomic E-state index is 0.289. The molecule has 0 bridgehead atoms. The van der Waals surface area contributed by atoms with Crippen molar-refractivity contribution < 1.29 is 0 Å². The van der Waals surface area contributed by atoms with Crippen LogP contribution < -0.4 is 5.32 Å². The van der Waals surface area contributed by atoms with Crippen LogP contribution in [-0.4, -0.2) is 16.1 Å². The van der Waals surface area contributed by atoms with E-state index in [-0.39, 0.29) is 6.04 Å². The van der Waals surface area contributed by atoms with E-state index in [0.29, 0.717) is 0 Å². The highest BCUT2D eigenvalue weighted by atomic mass is 15.1. The summed E-state index contributed by atoms with van der Waals surface area (Å²) in [6.07, 6.45) is 3.87. The number of hydrogen-bond acceptors (Lipinski definition) is 2. The zero-order chi connectivity index (χ0) is 11.0. The molecule has 0 radical (unpaired) electrons. The van der Waals surface area contributed by atoms with E-state index in [0.717, 1.165) is 13.1 Å². The Morgan fingerprint density at radius 2 is 2.12 bits per heavy atom. The lowest BCUT2D eigenvalue weighted by Gasteiger charge is -2.26. The molecule has 1 N–H and O–H groups in total. The van der Waals surface area contributed by atoms with E-state index in [1.54, 1.807) is 0 Å². The van der Waals surface area contributed by atoms with Crippen LogP contribution in [0.25, 0.3) is 0 Å². The second kappa shape index (κ2) is 3.76. The van der Waals surface area contributed by atoms with Gasteiger partial charge in [-0.3, -0.25) is 0 Å². The highest BCUT2D eigenvalue weighted by molar-refractivity contribution is 5.30. The summed E-state index contributed by atoms with van der Waals surface area (Å²) in [5.74, 6) is 0. The molecule has 1 aromatic heterocycles. The van der Waals surface area contributed by atoms with Crippen molar-refractivity contribution >= 4 is 0 Å². The lowest BCUT2D eigenvalue weighted by molar-refractivity contribution is 0.467. The fourth-order valence-corrected chi connectivity index (χ4v) is 2.24. The molecule has 0 fully saturated rings. The third-order valence-electron chi connectivity index (χ3n) is 3.15. The highest BCUT2D eigenvalue weighted by Gasteiger charge is 2.20. The smallest absolute Gasteiger partial charge is 0.0949 e. The van der Waals surface area contributed by atoms with E-state index in [2.05, 4.69) is 46.1 Å². The molecule has 2 heterocycles. The van der Waals surface area contributed by atoms with Crippen LogP contribution >= 0.6 is 0 Å². The lowest BCUT2D eigenvalue weighted by atomic mass is 10.0. The summed E-state index contributed by atoms with van der Waals surface area (Å²) in [6, 6.07) is 8.99. The minimum atomic E-state index is 0.289. The van der Waals surface area contributed by atoms with Gasteiger partial charge in [-0.25, -0.2) is 4.98 Å². The van der Waals surface area contributed by atoms with Crippen molar-refractivity contribution in [1.29, 1.82) is 0 Å². The second-order valence-electron chi connectivity index (χ2n) is 4.31. The standard InChI is InChI=1S/C13H15N3/c1-10-2-4-11(5-3-10)13-12-8-14-9-16(12)7-6-15-13/h2-5,8-9,13,15H,6-7H2,1H3. The Morgan fingerprint density at radius 3 is 2.94 bits per heavy atom. The van der Waals surface area contributed by atoms with Crippen LogP contribution in [-0.2, 0) is 6.54 Å². The van der Waals surface area contributed by atoms with Gasteiger partial charge in [0.15, 0.2) is 0 Å². The van der Waals surface area contributed by atoms with Crippen molar-refractivity contribution in [3.05, 3.63) is 53.6 Å². The number of benzene rings is 1. The van der Waals surface area contributed by atoms with Crippen molar-refractivity contribution in [3.63, 3.8) is 0 Å². The molecule has 1 aromatic carbocycles. The third-order valence-corrected chi connectivity index (χ3v) is 3.15. The van der Waals surface area contributed by atoms with Gasteiger partial charge in [0.05, 0.1) is 24.3 Å². The van der Waals surface area contributed by atoms with E-state index in [1.807, 2.05) is 12.5 Å². The van der Waals surface area contributed by atoms with E-state index in [4.69, 9.17) is 0 Å². The van der Waals surface area contributed by atoms with Gasteiger partial charge in [-0.15, -0.1) is 0 Å². The molecule has 0 aliphatic carbocycles. The monoisotopic (exact) mass is 213 g/mol. The normalized spacial score (nSPS) is 19.4. The van der Waals surface area contributed by atoms with Crippen LogP contribution in [0.1, 0.15) is 22.9 Å². The van der Waals surface area contributed by atoms with Crippen LogP contribution in [0.5, 0.6) is 0 Å². The van der Waals surface area contributed by atoms with Gasteiger partial charge in [-0.2, -0.15) is 0 Å². The summed E-state index contributed by atoms with van der Waals surface area (Å²) >= 11 is 0. The predicted octanol–water partition coefficient (Wildman–Crippen LogP) is 1.88. The molecule has 0 saturated heterocycles. The Balaban J connectivity index is 2.00. The quantitative estimate of drug-likeness (QED) is 0.784. The number of fused-ring (bicyclic) bond motifs is 1. The minimum Gasteiger partial charge on any atom is -0.332 e. The topological polar surface area (TPSA) is 29.9 Å². The first-order valence-electron chi connectivity index (χ1n) is 5.64. The summed E-state index contributed by atoms with van der Waals surface area (Å²) in [4.78, 5) is 4.22. The molecule has 82 valence electrons. The number of nitrogens with zero attached hydrogens (tertiary/aromatic N) is 2. The Morgan fingerprint density at radius 1 is 1.31 bits per heavy atom. The average molecular weight is 213 g/mol. The van der Waals surface area contributed by atoms with Gasteiger partial charge in [-0.05, 0) is 12.5 Å². The molecule has 3 rings (SSSR count). The molecule has 3 heteroatoms. The van der Waals surface area contributed by atoms with E-state index >= 15 is 0 Å². The third kappa shape index (κ3) is 1.53. The van der Waals surface area contributed by atoms with Crippen LogP contribution in [0.15, 0.2) is 36.8 Å².